The Kier molecular flexibility index (Phi) is 4.79. The third kappa shape index (κ3) is 3.16. The summed E-state index contributed by atoms with van der Waals surface area (Å²) in [5.41, 5.74) is 0.827. The van der Waals surface area contributed by atoms with Crippen molar-refractivity contribution in [1.29, 1.82) is 0 Å². The first-order valence-electron chi connectivity index (χ1n) is 9.80. The Morgan fingerprint density at radius 3 is 2.44 bits per heavy atom. The van der Waals surface area contributed by atoms with E-state index in [2.05, 4.69) is 10.2 Å². The Morgan fingerprint density at radius 2 is 1.72 bits per heavy atom. The van der Waals surface area contributed by atoms with Gasteiger partial charge in [-0.2, -0.15) is 0 Å². The van der Waals surface area contributed by atoms with Gasteiger partial charge >= 0.3 is 5.91 Å². The molecule has 8 heteroatoms. The minimum absolute atomic E-state index is 0.0779. The highest BCUT2D eigenvalue weighted by atomic mass is 32.1. The van der Waals surface area contributed by atoms with Gasteiger partial charge in [0.15, 0.2) is 0 Å². The second-order valence-electron chi connectivity index (χ2n) is 7.35. The van der Waals surface area contributed by atoms with Gasteiger partial charge in [-0.05, 0) is 47.5 Å². The highest BCUT2D eigenvalue weighted by Gasteiger charge is 2.48. The predicted molar refractivity (Wildman–Crippen MR) is 120 cm³/mol. The fourth-order valence-corrected chi connectivity index (χ4v) is 4.67. The minimum atomic E-state index is -0.918. The molecule has 1 atom stereocenters. The van der Waals surface area contributed by atoms with Crippen LogP contribution in [0.15, 0.2) is 72.3 Å². The molecular formula is C24H16FN3O3S. The van der Waals surface area contributed by atoms with Crippen LogP contribution in [-0.2, 0) is 9.59 Å². The zero-order chi connectivity index (χ0) is 22.4. The quantitative estimate of drug-likeness (QED) is 0.279. The molecule has 1 fully saturated rings. The topological polar surface area (TPSA) is 83.4 Å². The lowest BCUT2D eigenvalue weighted by Crippen LogP contribution is -2.29. The molecule has 0 bridgehead atoms. The molecular weight excluding hydrogens is 429 g/mol. The summed E-state index contributed by atoms with van der Waals surface area (Å²) in [5, 5.41) is 21.8. The maximum absolute atomic E-state index is 13.4. The molecule has 5 rings (SSSR count). The molecule has 6 nitrogen and oxygen atoms in total. The third-order valence-electron chi connectivity index (χ3n) is 5.40. The van der Waals surface area contributed by atoms with E-state index >= 15 is 0 Å². The molecule has 1 aromatic heterocycles. The van der Waals surface area contributed by atoms with E-state index in [1.165, 1.54) is 40.5 Å². The van der Waals surface area contributed by atoms with Gasteiger partial charge < -0.3 is 5.11 Å². The van der Waals surface area contributed by atoms with Crippen LogP contribution < -0.4 is 4.90 Å². The molecule has 1 amide bonds. The Labute approximate surface area is 186 Å². The molecule has 1 aliphatic rings. The average Bonchev–Trinajstić information content (AvgIpc) is 3.34. The van der Waals surface area contributed by atoms with Crippen molar-refractivity contribution in [3.8, 4) is 0 Å². The van der Waals surface area contributed by atoms with Crippen LogP contribution in [0.5, 0.6) is 0 Å². The van der Waals surface area contributed by atoms with Gasteiger partial charge in [0.25, 0.3) is 5.78 Å². The van der Waals surface area contributed by atoms with Crippen LogP contribution >= 0.6 is 11.3 Å². The summed E-state index contributed by atoms with van der Waals surface area (Å²) >= 11 is 1.18. The van der Waals surface area contributed by atoms with Gasteiger partial charge in [0.05, 0.1) is 11.6 Å². The van der Waals surface area contributed by atoms with E-state index in [9.17, 15) is 19.1 Å². The Bertz CT molecular complexity index is 1410. The summed E-state index contributed by atoms with van der Waals surface area (Å²) in [7, 11) is 0. The van der Waals surface area contributed by atoms with E-state index in [1.54, 1.807) is 6.92 Å². The maximum Gasteiger partial charge on any atom is 0.301 e. The SMILES string of the molecule is Cc1nnc(N2C(=O)C(=O)C(=C(O)c3ccc(F)cc3)[C@H]2c2cccc3ccccc23)s1. The predicted octanol–water partition coefficient (Wildman–Crippen LogP) is 4.77. The first-order chi connectivity index (χ1) is 15.5. The first kappa shape index (κ1) is 20.0. The molecule has 2 heterocycles. The van der Waals surface area contributed by atoms with E-state index in [0.29, 0.717) is 10.6 Å². The molecule has 4 aromatic rings. The highest BCUT2D eigenvalue weighted by molar-refractivity contribution is 7.15. The number of aromatic nitrogens is 2. The smallest absolute Gasteiger partial charge is 0.301 e. The molecule has 0 radical (unpaired) electrons. The fraction of sp³-hybridized carbons (Fsp3) is 0.0833. The average molecular weight is 445 g/mol. The summed E-state index contributed by atoms with van der Waals surface area (Å²) in [6, 6.07) is 17.4. The van der Waals surface area contributed by atoms with Crippen LogP contribution in [0.4, 0.5) is 9.52 Å². The molecule has 0 unspecified atom stereocenters. The van der Waals surface area contributed by atoms with Gasteiger partial charge in [-0.3, -0.25) is 14.5 Å². The lowest BCUT2D eigenvalue weighted by Gasteiger charge is -2.24. The zero-order valence-electron chi connectivity index (χ0n) is 16.8. The van der Waals surface area contributed by atoms with Crippen LogP contribution in [0.25, 0.3) is 16.5 Å². The second kappa shape index (κ2) is 7.65. The monoisotopic (exact) mass is 445 g/mol. The number of aliphatic hydroxyl groups is 1. The van der Waals surface area contributed by atoms with Gasteiger partial charge in [-0.1, -0.05) is 53.8 Å². The summed E-state index contributed by atoms with van der Waals surface area (Å²) in [5.74, 6) is -2.48. The number of anilines is 1. The van der Waals surface area contributed by atoms with Crippen molar-refractivity contribution in [1.82, 2.24) is 10.2 Å². The van der Waals surface area contributed by atoms with Crippen LogP contribution in [0.2, 0.25) is 0 Å². The number of ketones is 1. The lowest BCUT2D eigenvalue weighted by molar-refractivity contribution is -0.132. The Balaban J connectivity index is 1.80. The number of aryl methyl sites for hydroxylation is 1. The van der Waals surface area contributed by atoms with Crippen molar-refractivity contribution >= 4 is 44.7 Å². The first-order valence-corrected chi connectivity index (χ1v) is 10.6. The van der Waals surface area contributed by atoms with Gasteiger partial charge in [0, 0.05) is 5.56 Å². The number of hydrogen-bond acceptors (Lipinski definition) is 6. The van der Waals surface area contributed by atoms with Crippen LogP contribution in [0.1, 0.15) is 22.2 Å². The number of benzene rings is 3. The zero-order valence-corrected chi connectivity index (χ0v) is 17.6. The number of fused-ring (bicyclic) bond motifs is 1. The summed E-state index contributed by atoms with van der Waals surface area (Å²) in [4.78, 5) is 27.6. The minimum Gasteiger partial charge on any atom is -0.507 e. The van der Waals surface area contributed by atoms with Crippen molar-refractivity contribution in [2.75, 3.05) is 4.90 Å². The Morgan fingerprint density at radius 1 is 1.00 bits per heavy atom. The molecule has 0 saturated carbocycles. The molecule has 1 N–H and O–H groups in total. The van der Waals surface area contributed by atoms with E-state index in [0.717, 1.165) is 10.8 Å². The van der Waals surface area contributed by atoms with E-state index in [-0.39, 0.29) is 22.0 Å². The van der Waals surface area contributed by atoms with Crippen LogP contribution in [-0.4, -0.2) is 27.0 Å². The molecule has 1 saturated heterocycles. The van der Waals surface area contributed by atoms with Crippen molar-refractivity contribution in [2.45, 2.75) is 13.0 Å². The lowest BCUT2D eigenvalue weighted by atomic mass is 9.92. The molecule has 0 aliphatic carbocycles. The second-order valence-corrected chi connectivity index (χ2v) is 8.51. The van der Waals surface area contributed by atoms with E-state index in [1.807, 2.05) is 42.5 Å². The van der Waals surface area contributed by atoms with Gasteiger partial charge in [0.1, 0.15) is 16.6 Å². The number of Topliss-reactive ketones (excluding diaryl/α,β-unsaturated/α-hetero) is 1. The summed E-state index contributed by atoms with van der Waals surface area (Å²) < 4.78 is 13.4. The number of hydrogen-bond donors (Lipinski definition) is 1. The van der Waals surface area contributed by atoms with E-state index < -0.39 is 23.5 Å². The maximum atomic E-state index is 13.4. The summed E-state index contributed by atoms with van der Waals surface area (Å²) in [6.07, 6.45) is 0. The Hall–Kier alpha value is -3.91. The largest absolute Gasteiger partial charge is 0.507 e. The number of rotatable bonds is 3. The molecule has 32 heavy (non-hydrogen) atoms. The van der Waals surface area contributed by atoms with E-state index in [4.69, 9.17) is 0 Å². The van der Waals surface area contributed by atoms with Crippen LogP contribution in [0.3, 0.4) is 0 Å². The van der Waals surface area contributed by atoms with Crippen LogP contribution in [0, 0.1) is 12.7 Å². The van der Waals surface area contributed by atoms with Gasteiger partial charge in [-0.25, -0.2) is 4.39 Å². The van der Waals surface area contributed by atoms with Crippen molar-refractivity contribution in [3.63, 3.8) is 0 Å². The molecule has 3 aromatic carbocycles. The highest BCUT2D eigenvalue weighted by Crippen LogP contribution is 2.44. The number of nitrogens with zero attached hydrogens (tertiary/aromatic N) is 3. The van der Waals surface area contributed by atoms with Crippen molar-refractivity contribution < 1.29 is 19.1 Å². The third-order valence-corrected chi connectivity index (χ3v) is 6.24. The van der Waals surface area contributed by atoms with Crippen molar-refractivity contribution in [3.05, 3.63) is 94.3 Å². The van der Waals surface area contributed by atoms with Gasteiger partial charge in [-0.15, -0.1) is 10.2 Å². The molecule has 0 spiro atoms. The number of carbonyl (C=O) groups excluding carboxylic acids is 2. The molecule has 1 aliphatic heterocycles. The number of carbonyl (C=O) groups is 2. The summed E-state index contributed by atoms with van der Waals surface area (Å²) in [6.45, 7) is 1.75. The molecule has 158 valence electrons. The van der Waals surface area contributed by atoms with Crippen molar-refractivity contribution in [2.24, 2.45) is 0 Å². The van der Waals surface area contributed by atoms with Gasteiger partial charge in [0.2, 0.25) is 5.13 Å². The fourth-order valence-electron chi connectivity index (χ4n) is 3.96. The standard InChI is InChI=1S/C24H16FN3O3S/c1-13-26-27-24(32-13)28-20(18-8-4-6-14-5-2-3-7-17(14)18)19(22(30)23(28)31)21(29)15-9-11-16(25)12-10-15/h2-12,20,29H,1H3/t20-/m1/s1. The number of amides is 1. The number of halogens is 1. The normalized spacial score (nSPS) is 17.9. The number of aliphatic hydroxyl groups excluding tert-OH is 1.